The van der Waals surface area contributed by atoms with Gasteiger partial charge in [-0.1, -0.05) is 37.1 Å². The Morgan fingerprint density at radius 2 is 2.10 bits per heavy atom. The molecule has 1 aliphatic heterocycles. The third kappa shape index (κ3) is 4.22. The minimum Gasteiger partial charge on any atom is -0.443 e. The van der Waals surface area contributed by atoms with Gasteiger partial charge in [-0.15, -0.1) is 0 Å². The quantitative estimate of drug-likeness (QED) is 0.594. The number of benzene rings is 1. The molecular formula is C22H25ClN4O2. The number of oxazole rings is 1. The smallest absolute Gasteiger partial charge is 0.272 e. The summed E-state index contributed by atoms with van der Waals surface area (Å²) in [6.07, 6.45) is 6.07. The Bertz CT molecular complexity index is 993. The normalized spacial score (nSPS) is 16.5. The van der Waals surface area contributed by atoms with E-state index >= 15 is 0 Å². The molecule has 0 radical (unpaired) electrons. The lowest BCUT2D eigenvalue weighted by Crippen LogP contribution is -2.32. The van der Waals surface area contributed by atoms with E-state index in [1.165, 1.54) is 0 Å². The molecule has 0 spiro atoms. The van der Waals surface area contributed by atoms with E-state index in [4.69, 9.17) is 16.0 Å². The van der Waals surface area contributed by atoms with E-state index in [2.05, 4.69) is 17.0 Å². The zero-order chi connectivity index (χ0) is 20.4. The summed E-state index contributed by atoms with van der Waals surface area (Å²) in [4.78, 5) is 19.5. The number of hydrogen-bond donors (Lipinski definition) is 0. The Kier molecular flexibility index (Phi) is 5.72. The fraction of sp³-hybridized carbons (Fsp3) is 0.409. The molecule has 1 fully saturated rings. The fourth-order valence-electron chi connectivity index (χ4n) is 3.88. The number of hydrogen-bond acceptors (Lipinski definition) is 4. The number of halogens is 1. The molecule has 0 N–H and O–H groups in total. The van der Waals surface area contributed by atoms with Crippen molar-refractivity contribution in [3.8, 4) is 0 Å². The summed E-state index contributed by atoms with van der Waals surface area (Å²) in [5.74, 6) is 1.38. The molecular weight excluding hydrogens is 388 g/mol. The number of carbonyl (C=O) groups excluding carboxylic acids is 1. The molecule has 0 bridgehead atoms. The molecule has 2 aromatic heterocycles. The Balaban J connectivity index is 1.50. The van der Waals surface area contributed by atoms with Crippen molar-refractivity contribution in [3.05, 3.63) is 70.2 Å². The lowest BCUT2D eigenvalue weighted by molar-refractivity contribution is 0.0703. The van der Waals surface area contributed by atoms with Gasteiger partial charge in [0.05, 0.1) is 11.9 Å². The largest absolute Gasteiger partial charge is 0.443 e. The molecule has 3 aromatic rings. The second-order valence-electron chi connectivity index (χ2n) is 7.52. The number of aryl methyl sites for hydroxylation is 2. The molecule has 1 saturated heterocycles. The van der Waals surface area contributed by atoms with E-state index in [9.17, 15) is 4.79 Å². The molecule has 0 aliphatic carbocycles. The highest BCUT2D eigenvalue weighted by Crippen LogP contribution is 2.33. The second kappa shape index (κ2) is 8.41. The van der Waals surface area contributed by atoms with E-state index in [-0.39, 0.29) is 11.9 Å². The molecule has 0 unspecified atom stereocenters. The Hall–Kier alpha value is -2.60. The molecule has 1 aromatic carbocycles. The van der Waals surface area contributed by atoms with Gasteiger partial charge in [-0.05, 0) is 43.0 Å². The number of amides is 1. The zero-order valence-electron chi connectivity index (χ0n) is 16.8. The van der Waals surface area contributed by atoms with Crippen LogP contribution in [0.5, 0.6) is 0 Å². The first kappa shape index (κ1) is 19.7. The molecule has 3 heterocycles. The zero-order valence-corrected chi connectivity index (χ0v) is 17.5. The average molecular weight is 413 g/mol. The summed E-state index contributed by atoms with van der Waals surface area (Å²) in [6.45, 7) is 2.81. The van der Waals surface area contributed by atoms with Crippen LogP contribution in [0.4, 0.5) is 0 Å². The van der Waals surface area contributed by atoms with Crippen LogP contribution in [0, 0.1) is 0 Å². The van der Waals surface area contributed by atoms with E-state index < -0.39 is 0 Å². The lowest BCUT2D eigenvalue weighted by Gasteiger charge is -2.22. The molecule has 6 nitrogen and oxygen atoms in total. The Labute approximate surface area is 175 Å². The van der Waals surface area contributed by atoms with Crippen LogP contribution in [0.3, 0.4) is 0 Å². The van der Waals surface area contributed by atoms with Crippen LogP contribution < -0.4 is 0 Å². The predicted molar refractivity (Wildman–Crippen MR) is 111 cm³/mol. The molecule has 152 valence electrons. The number of nitrogens with zero attached hydrogens (tertiary/aromatic N) is 4. The first-order chi connectivity index (χ1) is 14.0. The van der Waals surface area contributed by atoms with Crippen LogP contribution in [0.1, 0.15) is 65.6 Å². The summed E-state index contributed by atoms with van der Waals surface area (Å²) >= 11 is 5.95. The van der Waals surface area contributed by atoms with Crippen LogP contribution in [0.25, 0.3) is 0 Å². The minimum atomic E-state index is -0.133. The number of carbonyl (C=O) groups is 1. The van der Waals surface area contributed by atoms with Crippen molar-refractivity contribution in [1.82, 2.24) is 19.7 Å². The van der Waals surface area contributed by atoms with E-state index in [1.807, 2.05) is 42.3 Å². The van der Waals surface area contributed by atoms with Gasteiger partial charge in [0.2, 0.25) is 5.89 Å². The van der Waals surface area contributed by atoms with Gasteiger partial charge >= 0.3 is 0 Å². The van der Waals surface area contributed by atoms with Gasteiger partial charge in [0.1, 0.15) is 17.5 Å². The maximum absolute atomic E-state index is 13.2. The first-order valence-electron chi connectivity index (χ1n) is 10.1. The number of likely N-dealkylation sites (tertiary alicyclic amines) is 1. The summed E-state index contributed by atoms with van der Waals surface area (Å²) in [5.41, 5.74) is 2.68. The summed E-state index contributed by atoms with van der Waals surface area (Å²) in [7, 11) is 1.83. The fourth-order valence-corrected chi connectivity index (χ4v) is 4.01. The van der Waals surface area contributed by atoms with E-state index in [1.54, 1.807) is 10.9 Å². The monoisotopic (exact) mass is 412 g/mol. The molecule has 7 heteroatoms. The van der Waals surface area contributed by atoms with Crippen LogP contribution in [-0.4, -0.2) is 32.1 Å². The van der Waals surface area contributed by atoms with Crippen LogP contribution in [0.15, 0.2) is 40.9 Å². The topological polar surface area (TPSA) is 64.2 Å². The third-order valence-corrected chi connectivity index (χ3v) is 5.57. The van der Waals surface area contributed by atoms with Gasteiger partial charge in [-0.2, -0.15) is 5.10 Å². The van der Waals surface area contributed by atoms with E-state index in [0.717, 1.165) is 42.7 Å². The molecule has 1 atom stereocenters. The second-order valence-corrected chi connectivity index (χ2v) is 7.96. The Morgan fingerprint density at radius 1 is 1.31 bits per heavy atom. The van der Waals surface area contributed by atoms with Crippen molar-refractivity contribution in [2.24, 2.45) is 7.05 Å². The van der Waals surface area contributed by atoms with E-state index in [0.29, 0.717) is 29.6 Å². The van der Waals surface area contributed by atoms with Crippen LogP contribution in [0.2, 0.25) is 5.02 Å². The van der Waals surface area contributed by atoms with Crippen molar-refractivity contribution < 1.29 is 9.21 Å². The van der Waals surface area contributed by atoms with Crippen LogP contribution >= 0.6 is 11.6 Å². The SMILES string of the molecule is CCCc1cc(C(=O)N2CCC[C@@H]2c2ncc(Cc3ccc(Cl)cc3)o2)n(C)n1. The molecule has 0 saturated carbocycles. The average Bonchev–Trinajstić information content (AvgIpc) is 3.43. The predicted octanol–water partition coefficient (Wildman–Crippen LogP) is 4.58. The minimum absolute atomic E-state index is 0.0118. The van der Waals surface area contributed by atoms with Gasteiger partial charge in [0.15, 0.2) is 0 Å². The molecule has 1 amide bonds. The molecule has 4 rings (SSSR count). The highest BCUT2D eigenvalue weighted by atomic mass is 35.5. The van der Waals surface area contributed by atoms with Gasteiger partial charge < -0.3 is 9.32 Å². The maximum atomic E-state index is 13.2. The van der Waals surface area contributed by atoms with Gasteiger partial charge in [0.25, 0.3) is 5.91 Å². The van der Waals surface area contributed by atoms with Crippen molar-refractivity contribution in [2.75, 3.05) is 6.54 Å². The van der Waals surface area contributed by atoms with Crippen LogP contribution in [-0.2, 0) is 19.9 Å². The third-order valence-electron chi connectivity index (χ3n) is 5.32. The maximum Gasteiger partial charge on any atom is 0.272 e. The summed E-state index contributed by atoms with van der Waals surface area (Å²) in [5, 5.41) is 5.18. The number of aromatic nitrogens is 3. The highest BCUT2D eigenvalue weighted by molar-refractivity contribution is 6.30. The highest BCUT2D eigenvalue weighted by Gasteiger charge is 2.35. The van der Waals surface area contributed by atoms with Gasteiger partial charge in [-0.25, -0.2) is 4.98 Å². The first-order valence-corrected chi connectivity index (χ1v) is 10.5. The van der Waals surface area contributed by atoms with Crippen molar-refractivity contribution >= 4 is 17.5 Å². The van der Waals surface area contributed by atoms with Gasteiger partial charge in [-0.3, -0.25) is 9.48 Å². The summed E-state index contributed by atoms with van der Waals surface area (Å²) < 4.78 is 7.72. The molecule has 29 heavy (non-hydrogen) atoms. The van der Waals surface area contributed by atoms with Crippen molar-refractivity contribution in [3.63, 3.8) is 0 Å². The van der Waals surface area contributed by atoms with Crippen molar-refractivity contribution in [1.29, 1.82) is 0 Å². The summed E-state index contributed by atoms with van der Waals surface area (Å²) in [6, 6.07) is 9.46. The lowest BCUT2D eigenvalue weighted by atomic mass is 10.1. The standard InChI is InChI=1S/C22H25ClN4O2/c1-3-5-17-13-20(26(2)25-17)22(28)27-11-4-6-19(27)21-24-14-18(29-21)12-15-7-9-16(23)10-8-15/h7-10,13-14,19H,3-6,11-12H2,1-2H3/t19-/m1/s1. The molecule has 1 aliphatic rings. The van der Waals surface area contributed by atoms with Gasteiger partial charge in [0, 0.05) is 25.0 Å². The Morgan fingerprint density at radius 3 is 2.86 bits per heavy atom. The number of rotatable bonds is 6. The van der Waals surface area contributed by atoms with Crippen molar-refractivity contribution in [2.45, 2.75) is 45.1 Å².